The van der Waals surface area contributed by atoms with Crippen LogP contribution in [0.2, 0.25) is 10.0 Å². The topological polar surface area (TPSA) is 116 Å². The van der Waals surface area contributed by atoms with Crippen LogP contribution in [-0.4, -0.2) is 51.3 Å². The second-order valence-corrected chi connectivity index (χ2v) is 14.9. The predicted octanol–water partition coefficient (Wildman–Crippen LogP) is 6.63. The number of phenols is 1. The molecule has 12 heteroatoms. The normalized spacial score (nSPS) is 27.9. The van der Waals surface area contributed by atoms with Gasteiger partial charge in [-0.2, -0.15) is 5.01 Å². The Morgan fingerprint density at radius 1 is 0.959 bits per heavy atom. The van der Waals surface area contributed by atoms with Gasteiger partial charge in [-0.15, -0.1) is 0 Å². The summed E-state index contributed by atoms with van der Waals surface area (Å²) in [7, 11) is 1.50. The number of rotatable bonds is 5. The number of aromatic hydroxyl groups is 1. The lowest BCUT2D eigenvalue weighted by molar-refractivity contribution is -0.146. The van der Waals surface area contributed by atoms with E-state index in [1.807, 2.05) is 6.08 Å². The van der Waals surface area contributed by atoms with E-state index in [1.165, 1.54) is 30.2 Å². The molecule has 3 aromatic rings. The maximum absolute atomic E-state index is 15.3. The summed E-state index contributed by atoms with van der Waals surface area (Å²) >= 11 is 12.6. The Labute approximate surface area is 292 Å². The van der Waals surface area contributed by atoms with E-state index in [9.17, 15) is 19.5 Å². The molecule has 3 aromatic carbocycles. The molecule has 2 saturated heterocycles. The van der Waals surface area contributed by atoms with Crippen molar-refractivity contribution in [2.45, 2.75) is 50.5 Å². The number of imide groups is 2. The van der Waals surface area contributed by atoms with E-state index in [2.05, 4.69) is 5.43 Å². The number of anilines is 1. The lowest BCUT2D eigenvalue weighted by Gasteiger charge is -2.50. The smallest absolute Gasteiger partial charge is 0.260 e. The maximum atomic E-state index is 15.3. The van der Waals surface area contributed by atoms with Gasteiger partial charge >= 0.3 is 0 Å². The first-order valence-corrected chi connectivity index (χ1v) is 16.8. The summed E-state index contributed by atoms with van der Waals surface area (Å²) in [4.78, 5) is 59.2. The number of carbonyl (C=O) groups excluding carboxylic acids is 4. The molecular formula is C37H34Cl2FN3O6. The molecule has 0 bridgehead atoms. The number of benzene rings is 3. The number of halogens is 3. The summed E-state index contributed by atoms with van der Waals surface area (Å²) in [5.41, 5.74) is 1.77. The molecule has 4 amide bonds. The first-order chi connectivity index (χ1) is 23.2. The van der Waals surface area contributed by atoms with Crippen molar-refractivity contribution in [2.75, 3.05) is 12.5 Å². The van der Waals surface area contributed by atoms with Gasteiger partial charge in [0.2, 0.25) is 11.8 Å². The molecule has 2 aliphatic carbocycles. The summed E-state index contributed by atoms with van der Waals surface area (Å²) in [6.07, 6.45) is 2.09. The molecule has 3 fully saturated rings. The van der Waals surface area contributed by atoms with Crippen LogP contribution >= 0.6 is 23.2 Å². The fraction of sp³-hybridized carbons (Fsp3) is 0.351. The largest absolute Gasteiger partial charge is 0.505 e. The number of carbonyl (C=O) groups is 4. The highest BCUT2D eigenvalue weighted by Gasteiger charge is 2.71. The van der Waals surface area contributed by atoms with Crippen molar-refractivity contribution < 1.29 is 33.4 Å². The van der Waals surface area contributed by atoms with E-state index in [-0.39, 0.29) is 40.9 Å². The maximum Gasteiger partial charge on any atom is 0.260 e. The SMILES string of the molecule is COc1ccc(C23C(=O)N(Nc4ccc(Cl)cc4Cl)C(=O)C2CC2C(=CCC4C(=O)N(C(C)(C)C)C(=O)C42)C3c2cccc(F)c2O)cc1. The van der Waals surface area contributed by atoms with Gasteiger partial charge in [-0.25, -0.2) is 4.39 Å². The van der Waals surface area contributed by atoms with Crippen LogP contribution in [0.15, 0.2) is 72.3 Å². The van der Waals surface area contributed by atoms with E-state index in [0.717, 1.165) is 11.1 Å². The van der Waals surface area contributed by atoms with E-state index in [4.69, 9.17) is 27.9 Å². The molecule has 2 N–H and O–H groups in total. The number of allylic oxidation sites excluding steroid dienone is 2. The molecule has 254 valence electrons. The number of nitrogens with zero attached hydrogens (tertiary/aromatic N) is 2. The first-order valence-electron chi connectivity index (χ1n) is 16.0. The molecule has 49 heavy (non-hydrogen) atoms. The molecule has 0 radical (unpaired) electrons. The Bertz CT molecular complexity index is 1960. The van der Waals surface area contributed by atoms with Crippen molar-refractivity contribution in [3.8, 4) is 11.5 Å². The second-order valence-electron chi connectivity index (χ2n) is 14.1. The minimum absolute atomic E-state index is 0.0414. The third-order valence-electron chi connectivity index (χ3n) is 10.6. The van der Waals surface area contributed by atoms with Crippen LogP contribution in [0.1, 0.15) is 50.7 Å². The average molecular weight is 707 g/mol. The number of nitrogens with one attached hydrogen (secondary N) is 1. The zero-order chi connectivity index (χ0) is 35.2. The monoisotopic (exact) mass is 705 g/mol. The van der Waals surface area contributed by atoms with Crippen molar-refractivity contribution in [1.29, 1.82) is 0 Å². The van der Waals surface area contributed by atoms with Gasteiger partial charge in [0, 0.05) is 22.0 Å². The molecule has 1 saturated carbocycles. The van der Waals surface area contributed by atoms with Gasteiger partial charge < -0.3 is 9.84 Å². The quantitative estimate of drug-likeness (QED) is 0.226. The van der Waals surface area contributed by atoms with E-state index in [1.54, 1.807) is 57.2 Å². The molecule has 7 rings (SSSR count). The Hall–Kier alpha value is -4.41. The third kappa shape index (κ3) is 4.78. The minimum Gasteiger partial charge on any atom is -0.505 e. The molecule has 9 nitrogen and oxygen atoms in total. The van der Waals surface area contributed by atoms with Crippen LogP contribution in [0.5, 0.6) is 11.5 Å². The number of phenolic OH excluding ortho intramolecular Hbond substituents is 1. The molecule has 6 atom stereocenters. The summed E-state index contributed by atoms with van der Waals surface area (Å²) in [5.74, 6) is -7.29. The van der Waals surface area contributed by atoms with Crippen molar-refractivity contribution in [3.05, 3.63) is 99.3 Å². The summed E-state index contributed by atoms with van der Waals surface area (Å²) < 4.78 is 20.7. The van der Waals surface area contributed by atoms with Crippen molar-refractivity contribution >= 4 is 52.5 Å². The van der Waals surface area contributed by atoms with Crippen molar-refractivity contribution in [1.82, 2.24) is 9.91 Å². The number of likely N-dealkylation sites (tertiary alicyclic amines) is 1. The molecular weight excluding hydrogens is 672 g/mol. The highest BCUT2D eigenvalue weighted by Crippen LogP contribution is 2.65. The van der Waals surface area contributed by atoms with Gasteiger partial charge in [-0.3, -0.25) is 29.5 Å². The Morgan fingerprint density at radius 2 is 1.67 bits per heavy atom. The standard InChI is InChI=1S/C37H34Cl2FN3O6/c1-36(2,3)42-32(45)22-14-13-21-24(29(22)34(42)47)17-25-33(46)43(41-28-15-10-19(38)16-26(28)39)35(48)37(25,18-8-11-20(49-4)12-9-18)30(21)23-6-5-7-27(40)31(23)44/h5-13,15-16,22,24-25,29-30,41,44H,14,17H2,1-4H3. The molecule has 0 spiro atoms. The van der Waals surface area contributed by atoms with Crippen LogP contribution in [-0.2, 0) is 24.6 Å². The lowest BCUT2D eigenvalue weighted by Crippen LogP contribution is -2.53. The van der Waals surface area contributed by atoms with Crippen LogP contribution in [0.4, 0.5) is 10.1 Å². The molecule has 2 aliphatic heterocycles. The fourth-order valence-corrected chi connectivity index (χ4v) is 9.06. The average Bonchev–Trinajstić information content (AvgIpc) is 3.45. The van der Waals surface area contributed by atoms with Crippen molar-refractivity contribution in [2.24, 2.45) is 23.7 Å². The van der Waals surface area contributed by atoms with Crippen LogP contribution in [0.25, 0.3) is 0 Å². The Kier molecular flexibility index (Phi) is 7.83. The lowest BCUT2D eigenvalue weighted by atomic mass is 9.49. The molecule has 4 aliphatic rings. The van der Waals surface area contributed by atoms with Crippen LogP contribution < -0.4 is 10.2 Å². The van der Waals surface area contributed by atoms with Crippen LogP contribution in [0, 0.1) is 29.5 Å². The number of amides is 4. The summed E-state index contributed by atoms with van der Waals surface area (Å²) in [5, 5.41) is 12.8. The zero-order valence-corrected chi connectivity index (χ0v) is 28.7. The van der Waals surface area contributed by atoms with Gasteiger partial charge in [-0.1, -0.05) is 59.1 Å². The highest BCUT2D eigenvalue weighted by molar-refractivity contribution is 6.36. The van der Waals surface area contributed by atoms with E-state index < -0.39 is 63.9 Å². The predicted molar refractivity (Wildman–Crippen MR) is 180 cm³/mol. The third-order valence-corrected chi connectivity index (χ3v) is 11.1. The number of hydrogen-bond donors (Lipinski definition) is 2. The van der Waals surface area contributed by atoms with Crippen molar-refractivity contribution in [3.63, 3.8) is 0 Å². The van der Waals surface area contributed by atoms with Gasteiger partial charge in [-0.05, 0) is 81.5 Å². The number of fused-ring (bicyclic) bond motifs is 4. The van der Waals surface area contributed by atoms with Gasteiger partial charge in [0.25, 0.3) is 11.8 Å². The number of ether oxygens (including phenoxy) is 1. The number of methoxy groups -OCH3 is 1. The second kappa shape index (κ2) is 11.6. The molecule has 2 heterocycles. The van der Waals surface area contributed by atoms with E-state index >= 15 is 9.18 Å². The van der Waals surface area contributed by atoms with Gasteiger partial charge in [0.05, 0.1) is 41.0 Å². The van der Waals surface area contributed by atoms with Gasteiger partial charge in [0.15, 0.2) is 11.6 Å². The van der Waals surface area contributed by atoms with E-state index in [0.29, 0.717) is 21.9 Å². The van der Waals surface area contributed by atoms with Crippen LogP contribution in [0.3, 0.4) is 0 Å². The highest BCUT2D eigenvalue weighted by atomic mass is 35.5. The van der Waals surface area contributed by atoms with Gasteiger partial charge in [0.1, 0.15) is 5.75 Å². The minimum atomic E-state index is -1.72. The molecule has 0 aromatic heterocycles. The number of para-hydroxylation sites is 1. The Balaban J connectivity index is 1.48. The Morgan fingerprint density at radius 3 is 2.33 bits per heavy atom. The zero-order valence-electron chi connectivity index (χ0n) is 27.2. The fourth-order valence-electron chi connectivity index (χ4n) is 8.61. The first kappa shape index (κ1) is 33.1. The molecule has 6 unspecified atom stereocenters. The number of hydrogen-bond acceptors (Lipinski definition) is 7. The summed E-state index contributed by atoms with van der Waals surface area (Å²) in [6, 6.07) is 15.4. The number of hydrazine groups is 1. The summed E-state index contributed by atoms with van der Waals surface area (Å²) in [6.45, 7) is 5.38.